The van der Waals surface area contributed by atoms with Crippen molar-refractivity contribution in [2.75, 3.05) is 25.0 Å². The first-order valence-electron chi connectivity index (χ1n) is 9.20. The second kappa shape index (κ2) is 9.71. The lowest BCUT2D eigenvalue weighted by atomic mass is 9.85. The number of piperidine rings is 1. The average Bonchev–Trinajstić information content (AvgIpc) is 2.94. The molecule has 0 radical (unpaired) electrons. The van der Waals surface area contributed by atoms with E-state index < -0.39 is 0 Å². The van der Waals surface area contributed by atoms with Crippen LogP contribution in [-0.2, 0) is 16.1 Å². The van der Waals surface area contributed by atoms with E-state index >= 15 is 0 Å². The minimum atomic E-state index is -0.376. The molecule has 148 valence electrons. The Bertz CT molecular complexity index is 675. The minimum absolute atomic E-state index is 0. The smallest absolute Gasteiger partial charge is 0.324 e. The minimum Gasteiger partial charge on any atom is -0.329 e. The summed E-state index contributed by atoms with van der Waals surface area (Å²) < 4.78 is 0. The number of imide groups is 1. The molecule has 0 spiro atoms. The molecule has 2 unspecified atom stereocenters. The van der Waals surface area contributed by atoms with Crippen molar-refractivity contribution in [1.82, 2.24) is 15.5 Å². The number of halogens is 1. The van der Waals surface area contributed by atoms with Crippen molar-refractivity contribution in [1.29, 1.82) is 0 Å². The van der Waals surface area contributed by atoms with Gasteiger partial charge in [0.1, 0.15) is 0 Å². The van der Waals surface area contributed by atoms with Gasteiger partial charge < -0.3 is 16.0 Å². The topological polar surface area (TPSA) is 90.5 Å². The number of hydrogen-bond donors (Lipinski definition) is 3. The number of benzene rings is 1. The number of rotatable bonds is 6. The third kappa shape index (κ3) is 5.68. The van der Waals surface area contributed by atoms with E-state index in [1.807, 2.05) is 24.3 Å². The summed E-state index contributed by atoms with van der Waals surface area (Å²) in [4.78, 5) is 36.9. The van der Waals surface area contributed by atoms with Crippen LogP contribution in [0.25, 0.3) is 0 Å². The van der Waals surface area contributed by atoms with Crippen LogP contribution in [0.2, 0.25) is 0 Å². The standard InChI is InChI=1S/C19H26N4O3.ClH/c1-13(15-5-3-7-20-10-15)8-17(24)22-16-6-2-4-14(9-16)12-23-18(25)11-21-19(23)26;/h2,4,6,9,13,15,20H,3,5,7-8,10-12H2,1H3,(H,21,26)(H,22,24);1H. The lowest BCUT2D eigenvalue weighted by Gasteiger charge is -2.28. The summed E-state index contributed by atoms with van der Waals surface area (Å²) in [7, 11) is 0. The van der Waals surface area contributed by atoms with E-state index in [1.54, 1.807) is 0 Å². The second-order valence-electron chi connectivity index (χ2n) is 7.17. The predicted molar refractivity (Wildman–Crippen MR) is 106 cm³/mol. The maximum atomic E-state index is 12.4. The molecular formula is C19H27ClN4O3. The van der Waals surface area contributed by atoms with Gasteiger partial charge >= 0.3 is 6.03 Å². The van der Waals surface area contributed by atoms with Crippen molar-refractivity contribution in [2.24, 2.45) is 11.8 Å². The van der Waals surface area contributed by atoms with E-state index in [9.17, 15) is 14.4 Å². The summed E-state index contributed by atoms with van der Waals surface area (Å²) in [6, 6.07) is 6.91. The third-order valence-corrected chi connectivity index (χ3v) is 5.14. The molecule has 3 rings (SSSR count). The van der Waals surface area contributed by atoms with E-state index in [4.69, 9.17) is 0 Å². The molecule has 2 atom stereocenters. The van der Waals surface area contributed by atoms with Crippen LogP contribution in [-0.4, -0.2) is 42.4 Å². The normalized spacial score (nSPS) is 20.6. The first kappa shape index (κ1) is 21.2. The van der Waals surface area contributed by atoms with Crippen LogP contribution in [0.5, 0.6) is 0 Å². The second-order valence-corrected chi connectivity index (χ2v) is 7.17. The van der Waals surface area contributed by atoms with Crippen LogP contribution < -0.4 is 16.0 Å². The number of nitrogens with one attached hydrogen (secondary N) is 3. The molecule has 1 aromatic rings. The molecule has 2 heterocycles. The van der Waals surface area contributed by atoms with Crippen molar-refractivity contribution < 1.29 is 14.4 Å². The summed E-state index contributed by atoms with van der Waals surface area (Å²) in [5, 5.41) is 8.83. The maximum absolute atomic E-state index is 12.4. The van der Waals surface area contributed by atoms with Crippen LogP contribution >= 0.6 is 12.4 Å². The molecule has 2 aliphatic heterocycles. The lowest BCUT2D eigenvalue weighted by Crippen LogP contribution is -2.34. The zero-order valence-electron chi connectivity index (χ0n) is 15.5. The van der Waals surface area contributed by atoms with Crippen molar-refractivity contribution >= 4 is 35.9 Å². The van der Waals surface area contributed by atoms with E-state index in [0.29, 0.717) is 23.9 Å². The van der Waals surface area contributed by atoms with Gasteiger partial charge in [0.25, 0.3) is 0 Å². The van der Waals surface area contributed by atoms with Crippen LogP contribution in [0.4, 0.5) is 10.5 Å². The molecule has 8 heteroatoms. The fourth-order valence-electron chi connectivity index (χ4n) is 3.58. The van der Waals surface area contributed by atoms with Crippen LogP contribution in [0.1, 0.15) is 31.7 Å². The molecule has 4 amide bonds. The SMILES string of the molecule is CC(CC(=O)Nc1cccc(CN2C(=O)CNC2=O)c1)C1CCCNC1.Cl. The van der Waals surface area contributed by atoms with Crippen molar-refractivity contribution in [3.63, 3.8) is 0 Å². The fourth-order valence-corrected chi connectivity index (χ4v) is 3.58. The number of urea groups is 1. The van der Waals surface area contributed by atoms with Gasteiger partial charge in [-0.3, -0.25) is 14.5 Å². The highest BCUT2D eigenvalue weighted by molar-refractivity contribution is 6.01. The van der Waals surface area contributed by atoms with Gasteiger partial charge in [0, 0.05) is 12.1 Å². The molecule has 2 fully saturated rings. The Morgan fingerprint density at radius 3 is 2.85 bits per heavy atom. The molecule has 1 aromatic carbocycles. The van der Waals surface area contributed by atoms with Gasteiger partial charge in [-0.2, -0.15) is 0 Å². The monoisotopic (exact) mass is 394 g/mol. The van der Waals surface area contributed by atoms with E-state index in [-0.39, 0.29) is 43.3 Å². The highest BCUT2D eigenvalue weighted by Crippen LogP contribution is 2.23. The highest BCUT2D eigenvalue weighted by atomic mass is 35.5. The first-order chi connectivity index (χ1) is 12.5. The first-order valence-corrected chi connectivity index (χ1v) is 9.20. The van der Waals surface area contributed by atoms with E-state index in [0.717, 1.165) is 18.7 Å². The van der Waals surface area contributed by atoms with Gasteiger partial charge in [0.05, 0.1) is 13.1 Å². The van der Waals surface area contributed by atoms with Gasteiger partial charge in [-0.25, -0.2) is 4.79 Å². The summed E-state index contributed by atoms with van der Waals surface area (Å²) in [6.45, 7) is 4.43. The van der Waals surface area contributed by atoms with Gasteiger partial charge in [-0.1, -0.05) is 19.1 Å². The Hall–Kier alpha value is -2.12. The van der Waals surface area contributed by atoms with Gasteiger partial charge in [-0.15, -0.1) is 12.4 Å². The highest BCUT2D eigenvalue weighted by Gasteiger charge is 2.28. The molecule has 3 N–H and O–H groups in total. The molecule has 7 nitrogen and oxygen atoms in total. The molecule has 0 aromatic heterocycles. The molecular weight excluding hydrogens is 368 g/mol. The summed E-state index contributed by atoms with van der Waals surface area (Å²) in [6.07, 6.45) is 2.83. The number of carbonyl (C=O) groups is 3. The number of amides is 4. The van der Waals surface area contributed by atoms with E-state index in [2.05, 4.69) is 22.9 Å². The van der Waals surface area contributed by atoms with E-state index in [1.165, 1.54) is 17.7 Å². The Kier molecular flexibility index (Phi) is 7.62. The Morgan fingerprint density at radius 2 is 2.19 bits per heavy atom. The van der Waals surface area contributed by atoms with Crippen molar-refractivity contribution in [2.45, 2.75) is 32.7 Å². The Balaban J connectivity index is 0.00000261. The largest absolute Gasteiger partial charge is 0.329 e. The Morgan fingerprint density at radius 1 is 1.37 bits per heavy atom. The van der Waals surface area contributed by atoms with Gasteiger partial charge in [-0.05, 0) is 55.5 Å². The summed E-state index contributed by atoms with van der Waals surface area (Å²) in [5.41, 5.74) is 1.49. The van der Waals surface area contributed by atoms with Crippen molar-refractivity contribution in [3.05, 3.63) is 29.8 Å². The number of nitrogens with zero attached hydrogens (tertiary/aromatic N) is 1. The van der Waals surface area contributed by atoms with Gasteiger partial charge in [0.15, 0.2) is 0 Å². The molecule has 27 heavy (non-hydrogen) atoms. The number of hydrogen-bond acceptors (Lipinski definition) is 4. The quantitative estimate of drug-likeness (QED) is 0.644. The fraction of sp³-hybridized carbons (Fsp3) is 0.526. The number of carbonyl (C=O) groups excluding carboxylic acids is 3. The van der Waals surface area contributed by atoms with Crippen LogP contribution in [0.15, 0.2) is 24.3 Å². The molecule has 2 aliphatic rings. The summed E-state index contributed by atoms with van der Waals surface area (Å²) in [5.74, 6) is 0.631. The third-order valence-electron chi connectivity index (χ3n) is 5.14. The number of anilines is 1. The summed E-state index contributed by atoms with van der Waals surface area (Å²) >= 11 is 0. The Labute approximate surface area is 165 Å². The zero-order valence-corrected chi connectivity index (χ0v) is 16.3. The average molecular weight is 395 g/mol. The zero-order chi connectivity index (χ0) is 18.5. The van der Waals surface area contributed by atoms with Gasteiger partial charge in [0.2, 0.25) is 11.8 Å². The molecule has 0 saturated carbocycles. The van der Waals surface area contributed by atoms with Crippen molar-refractivity contribution in [3.8, 4) is 0 Å². The van der Waals surface area contributed by atoms with Crippen LogP contribution in [0, 0.1) is 11.8 Å². The lowest BCUT2D eigenvalue weighted by molar-refractivity contribution is -0.125. The van der Waals surface area contributed by atoms with Crippen LogP contribution in [0.3, 0.4) is 0 Å². The maximum Gasteiger partial charge on any atom is 0.324 e. The predicted octanol–water partition coefficient (Wildman–Crippen LogP) is 2.12. The molecule has 0 bridgehead atoms. The molecule has 2 saturated heterocycles. The molecule has 0 aliphatic carbocycles.